The molecular formula is C20H11FN4O3. The molecule has 28 heavy (non-hydrogen) atoms. The Balaban J connectivity index is 2.13. The van der Waals surface area contributed by atoms with Crippen LogP contribution in [-0.2, 0) is 0 Å². The Morgan fingerprint density at radius 1 is 0.964 bits per heavy atom. The lowest BCUT2D eigenvalue weighted by molar-refractivity contribution is 0.103. The number of anilines is 1. The van der Waals surface area contributed by atoms with Crippen molar-refractivity contribution in [1.82, 2.24) is 0 Å². The van der Waals surface area contributed by atoms with Crippen LogP contribution in [0.3, 0.4) is 0 Å². The summed E-state index contributed by atoms with van der Waals surface area (Å²) < 4.78 is 24.2. The van der Waals surface area contributed by atoms with Crippen molar-refractivity contribution in [3.63, 3.8) is 0 Å². The number of rotatable bonds is 4. The number of carbonyl (C=O) groups is 1. The summed E-state index contributed by atoms with van der Waals surface area (Å²) in [5.74, 6) is -0.269. The van der Waals surface area contributed by atoms with Gasteiger partial charge in [0.2, 0.25) is 0 Å². The van der Waals surface area contributed by atoms with Crippen molar-refractivity contribution in [3.8, 4) is 29.7 Å². The molecule has 0 aliphatic carbocycles. The normalized spacial score (nSPS) is 11.4. The second-order valence-corrected chi connectivity index (χ2v) is 5.59. The maximum absolute atomic E-state index is 13.2. The third-order valence-corrected chi connectivity index (χ3v) is 3.88. The van der Waals surface area contributed by atoms with E-state index in [1.807, 2.05) is 0 Å². The van der Waals surface area contributed by atoms with Crippen molar-refractivity contribution in [2.24, 2.45) is 0 Å². The number of halogens is 1. The molecule has 7 nitrogen and oxygen atoms in total. The zero-order valence-corrected chi connectivity index (χ0v) is 14.3. The first-order valence-electron chi connectivity index (χ1n) is 8.03. The van der Waals surface area contributed by atoms with Crippen LogP contribution in [0.2, 0.25) is 0 Å². The largest absolute Gasteiger partial charge is 0.486 e. The maximum Gasteiger partial charge on any atom is 0.195 e. The van der Waals surface area contributed by atoms with E-state index in [9.17, 15) is 14.4 Å². The molecule has 0 aromatic heterocycles. The highest BCUT2D eigenvalue weighted by Gasteiger charge is 2.22. The average Bonchev–Trinajstić information content (AvgIpc) is 2.73. The van der Waals surface area contributed by atoms with E-state index in [-0.39, 0.29) is 22.5 Å². The Kier molecular flexibility index (Phi) is 5.21. The summed E-state index contributed by atoms with van der Waals surface area (Å²) in [6.45, 7) is 0.612. The van der Waals surface area contributed by atoms with Gasteiger partial charge in [-0.05, 0) is 30.3 Å². The van der Waals surface area contributed by atoms with Crippen LogP contribution < -0.4 is 14.8 Å². The number of nitriles is 3. The van der Waals surface area contributed by atoms with Gasteiger partial charge in [0, 0.05) is 17.2 Å². The predicted molar refractivity (Wildman–Crippen MR) is 94.8 cm³/mol. The SMILES string of the molecule is N#CC(C#N)=C(C#N)Nc1cc2c(cc1C(=O)c1ccc(F)cc1)OCCO2. The first-order chi connectivity index (χ1) is 13.6. The van der Waals surface area contributed by atoms with Gasteiger partial charge in [-0.25, -0.2) is 4.39 Å². The van der Waals surface area contributed by atoms with Crippen molar-refractivity contribution in [3.05, 3.63) is 64.6 Å². The van der Waals surface area contributed by atoms with Crippen molar-refractivity contribution >= 4 is 11.5 Å². The summed E-state index contributed by atoms with van der Waals surface area (Å²) in [6, 6.07) is 12.8. The van der Waals surface area contributed by atoms with E-state index in [0.29, 0.717) is 24.7 Å². The highest BCUT2D eigenvalue weighted by atomic mass is 19.1. The summed E-state index contributed by atoms with van der Waals surface area (Å²) >= 11 is 0. The van der Waals surface area contributed by atoms with Crippen molar-refractivity contribution in [2.45, 2.75) is 0 Å². The van der Waals surface area contributed by atoms with Gasteiger partial charge in [-0.3, -0.25) is 4.79 Å². The van der Waals surface area contributed by atoms with Gasteiger partial charge in [0.1, 0.15) is 42.9 Å². The zero-order valence-electron chi connectivity index (χ0n) is 14.3. The Morgan fingerprint density at radius 2 is 1.57 bits per heavy atom. The molecule has 0 saturated carbocycles. The molecule has 0 bridgehead atoms. The number of hydrogen-bond acceptors (Lipinski definition) is 7. The van der Waals surface area contributed by atoms with Crippen LogP contribution in [0.1, 0.15) is 15.9 Å². The molecule has 1 N–H and O–H groups in total. The Morgan fingerprint density at radius 3 is 2.14 bits per heavy atom. The molecule has 0 atom stereocenters. The summed E-state index contributed by atoms with van der Waals surface area (Å²) in [6.07, 6.45) is 0. The predicted octanol–water partition coefficient (Wildman–Crippen LogP) is 3.06. The number of carbonyl (C=O) groups excluding carboxylic acids is 1. The van der Waals surface area contributed by atoms with Gasteiger partial charge >= 0.3 is 0 Å². The number of nitrogens with zero attached hydrogens (tertiary/aromatic N) is 3. The van der Waals surface area contributed by atoms with Crippen molar-refractivity contribution in [1.29, 1.82) is 15.8 Å². The van der Waals surface area contributed by atoms with Crippen LogP contribution in [-0.4, -0.2) is 19.0 Å². The molecular weight excluding hydrogens is 363 g/mol. The molecule has 1 aliphatic heterocycles. The Hall–Kier alpha value is -4.35. The van der Waals surface area contributed by atoms with E-state index < -0.39 is 17.2 Å². The summed E-state index contributed by atoms with van der Waals surface area (Å²) in [5, 5.41) is 30.0. The molecule has 0 amide bonds. The van der Waals surface area contributed by atoms with Crippen LogP contribution >= 0.6 is 0 Å². The van der Waals surface area contributed by atoms with E-state index in [2.05, 4.69) is 5.32 Å². The molecule has 1 heterocycles. The number of hydrogen-bond donors (Lipinski definition) is 1. The second-order valence-electron chi connectivity index (χ2n) is 5.59. The molecule has 3 rings (SSSR count). The molecule has 2 aromatic rings. The lowest BCUT2D eigenvalue weighted by atomic mass is 10.00. The highest BCUT2D eigenvalue weighted by molar-refractivity contribution is 6.13. The number of ether oxygens (including phenoxy) is 2. The smallest absolute Gasteiger partial charge is 0.195 e. The fourth-order valence-electron chi connectivity index (χ4n) is 2.55. The van der Waals surface area contributed by atoms with E-state index >= 15 is 0 Å². The quantitative estimate of drug-likeness (QED) is 0.645. The van der Waals surface area contributed by atoms with Crippen LogP contribution in [0.5, 0.6) is 11.5 Å². The standard InChI is InChI=1S/C20H11FN4O3/c21-14-3-1-12(2-4-14)20(26)15-7-18-19(28-6-5-27-18)8-16(15)25-17(11-24)13(9-22)10-23/h1-4,7-8,25H,5-6H2. The van der Waals surface area contributed by atoms with Gasteiger partial charge in [-0.1, -0.05) is 0 Å². The number of ketones is 1. The van der Waals surface area contributed by atoms with Gasteiger partial charge in [0.25, 0.3) is 0 Å². The van der Waals surface area contributed by atoms with Gasteiger partial charge in [-0.2, -0.15) is 15.8 Å². The van der Waals surface area contributed by atoms with E-state index in [1.54, 1.807) is 18.2 Å². The van der Waals surface area contributed by atoms with E-state index in [4.69, 9.17) is 20.0 Å². The zero-order chi connectivity index (χ0) is 20.1. The molecule has 8 heteroatoms. The fourth-order valence-corrected chi connectivity index (χ4v) is 2.55. The minimum Gasteiger partial charge on any atom is -0.486 e. The number of fused-ring (bicyclic) bond motifs is 1. The van der Waals surface area contributed by atoms with Gasteiger partial charge < -0.3 is 14.8 Å². The Bertz CT molecular complexity index is 1090. The fraction of sp³-hybridized carbons (Fsp3) is 0.100. The lowest BCUT2D eigenvalue weighted by Gasteiger charge is -2.21. The molecule has 1 aliphatic rings. The summed E-state index contributed by atoms with van der Waals surface area (Å²) in [5.41, 5.74) is -0.270. The average molecular weight is 374 g/mol. The molecule has 0 radical (unpaired) electrons. The molecule has 0 spiro atoms. The van der Waals surface area contributed by atoms with Gasteiger partial charge in [-0.15, -0.1) is 0 Å². The molecule has 2 aromatic carbocycles. The molecule has 0 fully saturated rings. The topological polar surface area (TPSA) is 119 Å². The maximum atomic E-state index is 13.2. The first kappa shape index (κ1) is 18.4. The number of allylic oxidation sites excluding steroid dienone is 2. The monoisotopic (exact) mass is 374 g/mol. The lowest BCUT2D eigenvalue weighted by Crippen LogP contribution is -2.17. The molecule has 136 valence electrons. The number of nitrogens with one attached hydrogen (secondary N) is 1. The van der Waals surface area contributed by atoms with Crippen LogP contribution in [0.4, 0.5) is 10.1 Å². The van der Waals surface area contributed by atoms with E-state index in [0.717, 1.165) is 12.1 Å². The van der Waals surface area contributed by atoms with Gasteiger partial charge in [0.05, 0.1) is 5.69 Å². The summed E-state index contributed by atoms with van der Waals surface area (Å²) in [4.78, 5) is 13.0. The molecule has 0 unspecified atom stereocenters. The minimum absolute atomic E-state index is 0.110. The first-order valence-corrected chi connectivity index (χ1v) is 8.03. The molecule has 0 saturated heterocycles. The van der Waals surface area contributed by atoms with Crippen LogP contribution in [0.25, 0.3) is 0 Å². The van der Waals surface area contributed by atoms with E-state index in [1.165, 1.54) is 24.3 Å². The van der Waals surface area contributed by atoms with Gasteiger partial charge in [0.15, 0.2) is 22.9 Å². The van der Waals surface area contributed by atoms with Crippen molar-refractivity contribution < 1.29 is 18.7 Å². The third kappa shape index (κ3) is 3.60. The minimum atomic E-state index is -0.487. The van der Waals surface area contributed by atoms with Crippen LogP contribution in [0.15, 0.2) is 47.7 Å². The third-order valence-electron chi connectivity index (χ3n) is 3.88. The Labute approximate surface area is 159 Å². The number of benzene rings is 2. The highest BCUT2D eigenvalue weighted by Crippen LogP contribution is 2.37. The summed E-state index contributed by atoms with van der Waals surface area (Å²) in [7, 11) is 0. The van der Waals surface area contributed by atoms with Crippen LogP contribution in [0, 0.1) is 39.8 Å². The van der Waals surface area contributed by atoms with Crippen molar-refractivity contribution in [2.75, 3.05) is 18.5 Å². The second kappa shape index (κ2) is 7.90.